The topological polar surface area (TPSA) is 64.8 Å². The van der Waals surface area contributed by atoms with Crippen LogP contribution in [-0.2, 0) is 6.61 Å². The molecule has 0 saturated heterocycles. The SMILES string of the molecule is CCCCCN(C)CCOc1cc(OCc2ccccc2)ccc1[N+](=O)[O-]. The van der Waals surface area contributed by atoms with Crippen molar-refractivity contribution in [1.82, 2.24) is 4.90 Å². The largest absolute Gasteiger partial charge is 0.489 e. The van der Waals surface area contributed by atoms with Gasteiger partial charge in [-0.15, -0.1) is 0 Å². The van der Waals surface area contributed by atoms with E-state index in [0.717, 1.165) is 25.1 Å². The summed E-state index contributed by atoms with van der Waals surface area (Å²) >= 11 is 0. The van der Waals surface area contributed by atoms with Gasteiger partial charge in [0.25, 0.3) is 0 Å². The van der Waals surface area contributed by atoms with Crippen molar-refractivity contribution in [3.63, 3.8) is 0 Å². The Hall–Kier alpha value is -2.60. The van der Waals surface area contributed by atoms with Gasteiger partial charge in [-0.1, -0.05) is 50.1 Å². The van der Waals surface area contributed by atoms with E-state index in [1.54, 1.807) is 12.1 Å². The fourth-order valence-electron chi connectivity index (χ4n) is 2.65. The van der Waals surface area contributed by atoms with Gasteiger partial charge in [-0.2, -0.15) is 0 Å². The number of likely N-dealkylation sites (N-methyl/N-ethyl adjacent to an activating group) is 1. The Morgan fingerprint density at radius 1 is 1.04 bits per heavy atom. The first-order valence-electron chi connectivity index (χ1n) is 9.36. The number of rotatable bonds is 12. The smallest absolute Gasteiger partial charge is 0.311 e. The van der Waals surface area contributed by atoms with Crippen LogP contribution in [0.3, 0.4) is 0 Å². The van der Waals surface area contributed by atoms with E-state index in [1.807, 2.05) is 37.4 Å². The number of nitrogens with zero attached hydrogens (tertiary/aromatic N) is 2. The molecule has 0 spiro atoms. The molecular formula is C21H28N2O4. The predicted molar refractivity (Wildman–Crippen MR) is 106 cm³/mol. The lowest BCUT2D eigenvalue weighted by Gasteiger charge is -2.17. The molecule has 0 saturated carbocycles. The molecule has 27 heavy (non-hydrogen) atoms. The number of unbranched alkanes of at least 4 members (excludes halogenated alkanes) is 2. The molecule has 2 aromatic carbocycles. The molecular weight excluding hydrogens is 344 g/mol. The zero-order valence-electron chi connectivity index (χ0n) is 16.1. The molecule has 0 aliphatic rings. The fraction of sp³-hybridized carbons (Fsp3) is 0.429. The average molecular weight is 372 g/mol. The van der Waals surface area contributed by atoms with Gasteiger partial charge in [0, 0.05) is 18.7 Å². The maximum absolute atomic E-state index is 11.3. The summed E-state index contributed by atoms with van der Waals surface area (Å²) in [6.07, 6.45) is 3.54. The minimum absolute atomic E-state index is 0.0457. The second-order valence-corrected chi connectivity index (χ2v) is 6.52. The maximum atomic E-state index is 11.3. The zero-order chi connectivity index (χ0) is 19.5. The molecule has 0 bridgehead atoms. The van der Waals surface area contributed by atoms with Gasteiger partial charge in [0.05, 0.1) is 4.92 Å². The first-order valence-corrected chi connectivity index (χ1v) is 9.36. The monoisotopic (exact) mass is 372 g/mol. The second-order valence-electron chi connectivity index (χ2n) is 6.52. The van der Waals surface area contributed by atoms with Crippen LogP contribution in [0.25, 0.3) is 0 Å². The fourth-order valence-corrected chi connectivity index (χ4v) is 2.65. The van der Waals surface area contributed by atoms with Crippen molar-refractivity contribution in [3.8, 4) is 11.5 Å². The first kappa shape index (κ1) is 20.7. The van der Waals surface area contributed by atoms with Gasteiger partial charge in [0.2, 0.25) is 5.75 Å². The van der Waals surface area contributed by atoms with Gasteiger partial charge in [-0.05, 0) is 31.6 Å². The summed E-state index contributed by atoms with van der Waals surface area (Å²) in [5, 5.41) is 11.3. The molecule has 2 aromatic rings. The highest BCUT2D eigenvalue weighted by atomic mass is 16.6. The Balaban J connectivity index is 1.93. The number of nitro benzene ring substituents is 1. The molecule has 0 aromatic heterocycles. The lowest BCUT2D eigenvalue weighted by molar-refractivity contribution is -0.385. The van der Waals surface area contributed by atoms with Crippen molar-refractivity contribution in [2.75, 3.05) is 26.7 Å². The Labute approximate surface area is 160 Å². The van der Waals surface area contributed by atoms with Crippen LogP contribution in [0.4, 0.5) is 5.69 Å². The lowest BCUT2D eigenvalue weighted by Crippen LogP contribution is -2.25. The summed E-state index contributed by atoms with van der Waals surface area (Å²) in [7, 11) is 2.03. The number of nitro groups is 1. The molecule has 0 atom stereocenters. The highest BCUT2D eigenvalue weighted by molar-refractivity contribution is 5.50. The number of benzene rings is 2. The predicted octanol–water partition coefficient (Wildman–Crippen LogP) is 4.67. The van der Waals surface area contributed by atoms with Crippen LogP contribution in [0.2, 0.25) is 0 Å². The summed E-state index contributed by atoms with van der Waals surface area (Å²) in [5.74, 6) is 0.795. The molecule has 0 heterocycles. The van der Waals surface area contributed by atoms with Crippen LogP contribution in [-0.4, -0.2) is 36.6 Å². The average Bonchev–Trinajstić information content (AvgIpc) is 2.67. The van der Waals surface area contributed by atoms with Crippen molar-refractivity contribution in [2.45, 2.75) is 32.8 Å². The molecule has 6 nitrogen and oxygen atoms in total. The number of hydrogen-bond acceptors (Lipinski definition) is 5. The summed E-state index contributed by atoms with van der Waals surface area (Å²) in [5.41, 5.74) is 0.989. The van der Waals surface area contributed by atoms with Crippen molar-refractivity contribution in [2.24, 2.45) is 0 Å². The molecule has 0 aliphatic carbocycles. The Morgan fingerprint density at radius 2 is 1.81 bits per heavy atom. The van der Waals surface area contributed by atoms with Gasteiger partial charge in [-0.25, -0.2) is 0 Å². The van der Waals surface area contributed by atoms with Crippen LogP contribution in [0, 0.1) is 10.1 Å². The second kappa shape index (κ2) is 11.2. The van der Waals surface area contributed by atoms with E-state index in [0.29, 0.717) is 19.0 Å². The molecule has 6 heteroatoms. The van der Waals surface area contributed by atoms with Crippen LogP contribution >= 0.6 is 0 Å². The molecule has 0 N–H and O–H groups in total. The normalized spacial score (nSPS) is 10.8. The molecule has 2 rings (SSSR count). The minimum atomic E-state index is -0.429. The third-order valence-corrected chi connectivity index (χ3v) is 4.25. The van der Waals surface area contributed by atoms with E-state index in [1.165, 1.54) is 18.9 Å². The Bertz CT molecular complexity index is 707. The zero-order valence-corrected chi connectivity index (χ0v) is 16.1. The van der Waals surface area contributed by atoms with Gasteiger partial charge in [-0.3, -0.25) is 10.1 Å². The van der Waals surface area contributed by atoms with Crippen LogP contribution in [0.1, 0.15) is 31.7 Å². The molecule has 0 aliphatic heterocycles. The molecule has 146 valence electrons. The third-order valence-electron chi connectivity index (χ3n) is 4.25. The number of ether oxygens (including phenoxy) is 2. The molecule has 0 unspecified atom stereocenters. The van der Waals surface area contributed by atoms with E-state index >= 15 is 0 Å². The maximum Gasteiger partial charge on any atom is 0.311 e. The van der Waals surface area contributed by atoms with Crippen LogP contribution in [0.5, 0.6) is 11.5 Å². The van der Waals surface area contributed by atoms with Gasteiger partial charge in [0.15, 0.2) is 0 Å². The molecule has 0 radical (unpaired) electrons. The third kappa shape index (κ3) is 7.27. The highest BCUT2D eigenvalue weighted by Crippen LogP contribution is 2.31. The first-order chi connectivity index (χ1) is 13.1. The molecule has 0 amide bonds. The van der Waals surface area contributed by atoms with Crippen LogP contribution in [0.15, 0.2) is 48.5 Å². The van der Waals surface area contributed by atoms with Crippen molar-refractivity contribution < 1.29 is 14.4 Å². The van der Waals surface area contributed by atoms with Gasteiger partial charge in [0.1, 0.15) is 19.0 Å². The summed E-state index contributed by atoms with van der Waals surface area (Å²) in [6, 6.07) is 14.4. The Kier molecular flexibility index (Phi) is 8.58. The highest BCUT2D eigenvalue weighted by Gasteiger charge is 2.16. The lowest BCUT2D eigenvalue weighted by atomic mass is 10.2. The van der Waals surface area contributed by atoms with E-state index in [-0.39, 0.29) is 11.4 Å². The quantitative estimate of drug-likeness (QED) is 0.308. The van der Waals surface area contributed by atoms with E-state index in [2.05, 4.69) is 11.8 Å². The summed E-state index contributed by atoms with van der Waals surface area (Å²) < 4.78 is 11.5. The van der Waals surface area contributed by atoms with Crippen LogP contribution < -0.4 is 9.47 Å². The van der Waals surface area contributed by atoms with Crippen molar-refractivity contribution in [1.29, 1.82) is 0 Å². The minimum Gasteiger partial charge on any atom is -0.489 e. The van der Waals surface area contributed by atoms with Gasteiger partial charge >= 0.3 is 5.69 Å². The van der Waals surface area contributed by atoms with E-state index in [9.17, 15) is 10.1 Å². The van der Waals surface area contributed by atoms with Crippen molar-refractivity contribution >= 4 is 5.69 Å². The molecule has 0 fully saturated rings. The van der Waals surface area contributed by atoms with E-state index < -0.39 is 4.92 Å². The summed E-state index contributed by atoms with van der Waals surface area (Å²) in [6.45, 7) is 4.69. The van der Waals surface area contributed by atoms with Gasteiger partial charge < -0.3 is 14.4 Å². The standard InChI is InChI=1S/C21H28N2O4/c1-3-4-8-13-22(2)14-15-26-21-16-19(11-12-20(21)23(24)25)27-17-18-9-6-5-7-10-18/h5-7,9-12,16H,3-4,8,13-15,17H2,1-2H3. The summed E-state index contributed by atoms with van der Waals surface area (Å²) in [4.78, 5) is 13.0. The van der Waals surface area contributed by atoms with E-state index in [4.69, 9.17) is 9.47 Å². The van der Waals surface area contributed by atoms with Crippen molar-refractivity contribution in [3.05, 3.63) is 64.2 Å². The Morgan fingerprint density at radius 3 is 2.52 bits per heavy atom. The number of hydrogen-bond donors (Lipinski definition) is 0.